The molecule has 0 radical (unpaired) electrons. The summed E-state index contributed by atoms with van der Waals surface area (Å²) in [6.07, 6.45) is 0. The summed E-state index contributed by atoms with van der Waals surface area (Å²) in [6, 6.07) is 16.3. The molecule has 0 spiro atoms. The summed E-state index contributed by atoms with van der Waals surface area (Å²) < 4.78 is 0. The van der Waals surface area contributed by atoms with E-state index in [1.807, 2.05) is 37.3 Å². The van der Waals surface area contributed by atoms with E-state index in [4.69, 9.17) is 18.0 Å². The number of nitrogens with two attached hydrogens (primary N) is 1. The van der Waals surface area contributed by atoms with Crippen LogP contribution in [0.1, 0.15) is 5.56 Å². The van der Waals surface area contributed by atoms with Crippen LogP contribution in [0.15, 0.2) is 48.5 Å². The molecule has 0 amide bonds. The Morgan fingerprint density at radius 1 is 1.06 bits per heavy atom. The number of aryl methyl sites for hydroxylation is 1. The Morgan fingerprint density at radius 3 is 2.41 bits per heavy atom. The first-order chi connectivity index (χ1) is 8.18. The van der Waals surface area contributed by atoms with Crippen molar-refractivity contribution in [2.75, 3.05) is 5.32 Å². The molecule has 2 aromatic rings. The number of benzene rings is 2. The zero-order valence-corrected chi connectivity index (χ0v) is 10.4. The number of thiocarbonyl (C=S) groups is 1. The van der Waals surface area contributed by atoms with Crippen molar-refractivity contribution in [2.24, 2.45) is 5.73 Å². The molecule has 3 N–H and O–H groups in total. The minimum absolute atomic E-state index is 0.288. The summed E-state index contributed by atoms with van der Waals surface area (Å²) in [5, 5.41) is 3.34. The zero-order valence-electron chi connectivity index (χ0n) is 9.60. The minimum Gasteiger partial charge on any atom is -0.376 e. The van der Waals surface area contributed by atoms with Crippen molar-refractivity contribution in [1.29, 1.82) is 0 Å². The first-order valence-corrected chi connectivity index (χ1v) is 5.81. The van der Waals surface area contributed by atoms with Crippen LogP contribution in [0.2, 0.25) is 0 Å². The lowest BCUT2D eigenvalue weighted by atomic mass is 10.0. The van der Waals surface area contributed by atoms with Crippen molar-refractivity contribution >= 4 is 23.0 Å². The van der Waals surface area contributed by atoms with E-state index in [1.54, 1.807) is 0 Å². The summed E-state index contributed by atoms with van der Waals surface area (Å²) in [5.74, 6) is 0. The second-order valence-corrected chi connectivity index (χ2v) is 4.29. The maximum atomic E-state index is 5.56. The Morgan fingerprint density at radius 2 is 1.76 bits per heavy atom. The molecule has 0 aliphatic rings. The van der Waals surface area contributed by atoms with Gasteiger partial charge in [-0.25, -0.2) is 0 Å². The molecule has 0 saturated heterocycles. The normalized spacial score (nSPS) is 9.94. The molecular formula is C14H14N2S. The third-order valence-electron chi connectivity index (χ3n) is 2.61. The average molecular weight is 242 g/mol. The van der Waals surface area contributed by atoms with Crippen LogP contribution in [0.4, 0.5) is 5.69 Å². The van der Waals surface area contributed by atoms with E-state index in [0.717, 1.165) is 22.4 Å². The molecule has 2 nitrogen and oxygen atoms in total. The first kappa shape index (κ1) is 11.6. The van der Waals surface area contributed by atoms with Gasteiger partial charge < -0.3 is 11.1 Å². The zero-order chi connectivity index (χ0) is 12.3. The number of hydrogen-bond donors (Lipinski definition) is 2. The van der Waals surface area contributed by atoms with Gasteiger partial charge in [0.1, 0.15) is 0 Å². The molecule has 0 atom stereocenters. The standard InChI is InChI=1S/C14H14N2S/c1-10-6-5-9-12(13(10)16-14(15)17)11-7-3-2-4-8-11/h2-9H,1H3,(H3,15,16,17). The van der Waals surface area contributed by atoms with E-state index >= 15 is 0 Å². The van der Waals surface area contributed by atoms with Crippen LogP contribution in [0.25, 0.3) is 11.1 Å². The monoisotopic (exact) mass is 242 g/mol. The molecule has 2 rings (SSSR count). The fourth-order valence-corrected chi connectivity index (χ4v) is 1.92. The smallest absolute Gasteiger partial charge is 0.168 e. The molecule has 0 aromatic heterocycles. The van der Waals surface area contributed by atoms with Crippen LogP contribution in [0.3, 0.4) is 0 Å². The number of para-hydroxylation sites is 1. The average Bonchev–Trinajstić information content (AvgIpc) is 2.32. The van der Waals surface area contributed by atoms with Gasteiger partial charge >= 0.3 is 0 Å². The molecule has 0 saturated carbocycles. The van der Waals surface area contributed by atoms with Gasteiger partial charge in [-0.1, -0.05) is 48.5 Å². The van der Waals surface area contributed by atoms with E-state index in [9.17, 15) is 0 Å². The molecular weight excluding hydrogens is 228 g/mol. The van der Waals surface area contributed by atoms with Crippen LogP contribution >= 0.6 is 12.2 Å². The van der Waals surface area contributed by atoms with E-state index in [0.29, 0.717) is 0 Å². The third-order valence-corrected chi connectivity index (χ3v) is 2.71. The Hall–Kier alpha value is -1.87. The van der Waals surface area contributed by atoms with Gasteiger partial charge in [-0.15, -0.1) is 0 Å². The largest absolute Gasteiger partial charge is 0.376 e. The highest BCUT2D eigenvalue weighted by Gasteiger charge is 2.07. The summed E-state index contributed by atoms with van der Waals surface area (Å²) in [6.45, 7) is 2.03. The second-order valence-electron chi connectivity index (χ2n) is 3.85. The van der Waals surface area contributed by atoms with Gasteiger partial charge in [-0.2, -0.15) is 0 Å². The number of nitrogens with one attached hydrogen (secondary N) is 1. The fraction of sp³-hybridized carbons (Fsp3) is 0.0714. The van der Waals surface area contributed by atoms with E-state index < -0.39 is 0 Å². The van der Waals surface area contributed by atoms with Crippen LogP contribution in [-0.2, 0) is 0 Å². The van der Waals surface area contributed by atoms with Gasteiger partial charge in [0.25, 0.3) is 0 Å². The summed E-state index contributed by atoms with van der Waals surface area (Å²) >= 11 is 4.91. The van der Waals surface area contributed by atoms with E-state index in [-0.39, 0.29) is 5.11 Å². The van der Waals surface area contributed by atoms with Gasteiger partial charge in [-0.3, -0.25) is 0 Å². The number of hydrogen-bond acceptors (Lipinski definition) is 1. The molecule has 17 heavy (non-hydrogen) atoms. The maximum absolute atomic E-state index is 5.56. The highest BCUT2D eigenvalue weighted by molar-refractivity contribution is 7.80. The predicted molar refractivity (Wildman–Crippen MR) is 77.0 cm³/mol. The van der Waals surface area contributed by atoms with E-state index in [2.05, 4.69) is 23.5 Å². The van der Waals surface area contributed by atoms with Crippen molar-refractivity contribution in [1.82, 2.24) is 0 Å². The van der Waals surface area contributed by atoms with Crippen molar-refractivity contribution in [3.8, 4) is 11.1 Å². The molecule has 0 unspecified atom stereocenters. The van der Waals surface area contributed by atoms with Crippen LogP contribution in [0, 0.1) is 6.92 Å². The van der Waals surface area contributed by atoms with Crippen molar-refractivity contribution < 1.29 is 0 Å². The maximum Gasteiger partial charge on any atom is 0.168 e. The van der Waals surface area contributed by atoms with Crippen LogP contribution < -0.4 is 11.1 Å². The highest BCUT2D eigenvalue weighted by Crippen LogP contribution is 2.30. The van der Waals surface area contributed by atoms with Crippen molar-refractivity contribution in [3.05, 3.63) is 54.1 Å². The Balaban J connectivity index is 2.54. The SMILES string of the molecule is Cc1cccc(-c2ccccc2)c1NC(N)=S. The third kappa shape index (κ3) is 2.63. The topological polar surface area (TPSA) is 38.0 Å². The molecule has 0 heterocycles. The first-order valence-electron chi connectivity index (χ1n) is 5.40. The minimum atomic E-state index is 0.288. The molecule has 2 aromatic carbocycles. The van der Waals surface area contributed by atoms with Crippen LogP contribution in [0.5, 0.6) is 0 Å². The number of rotatable bonds is 2. The number of anilines is 1. The Kier molecular flexibility index (Phi) is 3.40. The van der Waals surface area contributed by atoms with Gasteiger partial charge in [0.05, 0.1) is 5.69 Å². The Bertz CT molecular complexity index is 535. The van der Waals surface area contributed by atoms with Crippen LogP contribution in [-0.4, -0.2) is 5.11 Å². The molecule has 86 valence electrons. The molecule has 0 aliphatic carbocycles. The molecule has 0 aliphatic heterocycles. The fourth-order valence-electron chi connectivity index (χ4n) is 1.82. The van der Waals surface area contributed by atoms with Gasteiger partial charge in [0, 0.05) is 5.56 Å². The lowest BCUT2D eigenvalue weighted by Gasteiger charge is -2.13. The lowest BCUT2D eigenvalue weighted by Crippen LogP contribution is -2.20. The molecule has 0 bridgehead atoms. The second kappa shape index (κ2) is 4.97. The summed E-state index contributed by atoms with van der Waals surface area (Å²) in [5.41, 5.74) is 9.92. The molecule has 0 fully saturated rings. The Labute approximate surface area is 106 Å². The highest BCUT2D eigenvalue weighted by atomic mass is 32.1. The van der Waals surface area contributed by atoms with Crippen molar-refractivity contribution in [2.45, 2.75) is 6.92 Å². The molecule has 3 heteroatoms. The van der Waals surface area contributed by atoms with Gasteiger partial charge in [0.15, 0.2) is 5.11 Å². The van der Waals surface area contributed by atoms with Gasteiger partial charge in [0.2, 0.25) is 0 Å². The van der Waals surface area contributed by atoms with Gasteiger partial charge in [-0.05, 0) is 30.3 Å². The predicted octanol–water partition coefficient (Wildman–Crippen LogP) is 3.32. The summed E-state index contributed by atoms with van der Waals surface area (Å²) in [7, 11) is 0. The quantitative estimate of drug-likeness (QED) is 0.793. The summed E-state index contributed by atoms with van der Waals surface area (Å²) in [4.78, 5) is 0. The lowest BCUT2D eigenvalue weighted by molar-refractivity contribution is 1.44. The van der Waals surface area contributed by atoms with Crippen molar-refractivity contribution in [3.63, 3.8) is 0 Å². The van der Waals surface area contributed by atoms with E-state index in [1.165, 1.54) is 0 Å².